The van der Waals surface area contributed by atoms with Crippen molar-refractivity contribution in [2.45, 2.75) is 19.8 Å². The summed E-state index contributed by atoms with van der Waals surface area (Å²) in [6.45, 7) is 4.82. The fraction of sp³-hybridized carbons (Fsp3) is 0.800. The van der Waals surface area contributed by atoms with Gasteiger partial charge in [-0.2, -0.15) is 0 Å². The summed E-state index contributed by atoms with van der Waals surface area (Å²) in [4.78, 5) is 23.1. The molecular weight excluding hydrogens is 180 g/mol. The van der Waals surface area contributed by atoms with Gasteiger partial charge in [-0.05, 0) is 31.8 Å². The highest BCUT2D eigenvalue weighted by molar-refractivity contribution is 5.72. The lowest BCUT2D eigenvalue weighted by Gasteiger charge is -2.30. The summed E-state index contributed by atoms with van der Waals surface area (Å²) >= 11 is 0. The molecule has 0 unspecified atom stereocenters. The lowest BCUT2D eigenvalue weighted by atomic mass is 9.97. The van der Waals surface area contributed by atoms with Crippen molar-refractivity contribution in [1.82, 2.24) is 10.2 Å². The number of rotatable bonds is 4. The molecule has 1 heterocycles. The summed E-state index contributed by atoms with van der Waals surface area (Å²) in [6, 6.07) is 0. The second-order valence-corrected chi connectivity index (χ2v) is 3.85. The molecule has 0 atom stereocenters. The Morgan fingerprint density at radius 1 is 1.50 bits per heavy atom. The third-order valence-electron chi connectivity index (χ3n) is 2.68. The minimum absolute atomic E-state index is 0.0420. The Morgan fingerprint density at radius 3 is 2.64 bits per heavy atom. The number of nitrogens with zero attached hydrogens (tertiary/aromatic N) is 1. The molecule has 14 heavy (non-hydrogen) atoms. The Bertz CT molecular complexity index is 198. The number of amides is 1. The van der Waals surface area contributed by atoms with Gasteiger partial charge in [-0.15, -0.1) is 0 Å². The van der Waals surface area contributed by atoms with Crippen LogP contribution in [0.2, 0.25) is 0 Å². The first-order chi connectivity index (χ1) is 6.72. The maximum absolute atomic E-state index is 10.7. The van der Waals surface area contributed by atoms with Crippen LogP contribution < -0.4 is 5.32 Å². The van der Waals surface area contributed by atoms with E-state index < -0.39 is 0 Å². The van der Waals surface area contributed by atoms with Gasteiger partial charge in [0.25, 0.3) is 0 Å². The van der Waals surface area contributed by atoms with E-state index in [0.29, 0.717) is 12.5 Å². The Balaban J connectivity index is 2.15. The fourth-order valence-electron chi connectivity index (χ4n) is 1.77. The van der Waals surface area contributed by atoms with Crippen molar-refractivity contribution in [3.63, 3.8) is 0 Å². The largest absolute Gasteiger partial charge is 0.356 e. The summed E-state index contributed by atoms with van der Waals surface area (Å²) in [7, 11) is 0. The van der Waals surface area contributed by atoms with Gasteiger partial charge in [0.1, 0.15) is 6.29 Å². The highest BCUT2D eigenvalue weighted by Crippen LogP contribution is 2.15. The second kappa shape index (κ2) is 5.75. The summed E-state index contributed by atoms with van der Waals surface area (Å²) in [5, 5.41) is 2.84. The first kappa shape index (κ1) is 11.2. The summed E-state index contributed by atoms with van der Waals surface area (Å²) in [5.41, 5.74) is 0. The second-order valence-electron chi connectivity index (χ2n) is 3.85. The molecule has 1 amide bonds. The predicted molar refractivity (Wildman–Crippen MR) is 53.9 cm³/mol. The number of piperidine rings is 1. The number of aldehydes is 1. The predicted octanol–water partition coefficient (Wildman–Crippen LogP) is 0.0334. The van der Waals surface area contributed by atoms with Crippen LogP contribution >= 0.6 is 0 Å². The van der Waals surface area contributed by atoms with Gasteiger partial charge in [-0.3, -0.25) is 9.69 Å². The summed E-state index contributed by atoms with van der Waals surface area (Å²) < 4.78 is 0. The molecular formula is C10H18N2O2. The van der Waals surface area contributed by atoms with E-state index in [0.717, 1.165) is 38.8 Å². The van der Waals surface area contributed by atoms with Crippen molar-refractivity contribution in [2.24, 2.45) is 5.92 Å². The molecule has 4 nitrogen and oxygen atoms in total. The Hall–Kier alpha value is -0.900. The molecule has 1 aliphatic heterocycles. The highest BCUT2D eigenvalue weighted by atomic mass is 16.1. The van der Waals surface area contributed by atoms with Gasteiger partial charge in [0, 0.05) is 13.5 Å². The van der Waals surface area contributed by atoms with Gasteiger partial charge >= 0.3 is 0 Å². The number of hydrogen-bond acceptors (Lipinski definition) is 3. The van der Waals surface area contributed by atoms with E-state index in [1.165, 1.54) is 0 Å². The van der Waals surface area contributed by atoms with Crippen LogP contribution in [-0.2, 0) is 9.59 Å². The molecule has 0 bridgehead atoms. The lowest BCUT2D eigenvalue weighted by molar-refractivity contribution is -0.119. The van der Waals surface area contributed by atoms with E-state index in [1.807, 2.05) is 0 Å². The smallest absolute Gasteiger partial charge is 0.216 e. The van der Waals surface area contributed by atoms with Crippen LogP contribution in [0.5, 0.6) is 0 Å². The monoisotopic (exact) mass is 198 g/mol. The molecule has 1 fully saturated rings. The van der Waals surface area contributed by atoms with E-state index in [1.54, 1.807) is 6.92 Å². The third-order valence-corrected chi connectivity index (χ3v) is 2.68. The Labute approximate surface area is 84.7 Å². The van der Waals surface area contributed by atoms with Gasteiger partial charge in [0.05, 0.1) is 6.54 Å². The quantitative estimate of drug-likeness (QED) is 0.649. The molecule has 1 aliphatic rings. The molecule has 1 rings (SSSR count). The molecule has 0 saturated carbocycles. The first-order valence-electron chi connectivity index (χ1n) is 5.13. The number of hydrogen-bond donors (Lipinski definition) is 1. The van der Waals surface area contributed by atoms with Crippen molar-refractivity contribution < 1.29 is 9.59 Å². The van der Waals surface area contributed by atoms with Gasteiger partial charge in [0.15, 0.2) is 0 Å². The van der Waals surface area contributed by atoms with Crippen LogP contribution in [0, 0.1) is 5.92 Å². The van der Waals surface area contributed by atoms with Crippen LogP contribution in [0.1, 0.15) is 19.8 Å². The summed E-state index contributed by atoms with van der Waals surface area (Å²) in [6.07, 6.45) is 3.11. The molecule has 0 aliphatic carbocycles. The van der Waals surface area contributed by atoms with Crippen molar-refractivity contribution in [2.75, 3.05) is 26.2 Å². The zero-order valence-electron chi connectivity index (χ0n) is 8.66. The van der Waals surface area contributed by atoms with Crippen LogP contribution in [0.3, 0.4) is 0 Å². The minimum atomic E-state index is 0.0420. The van der Waals surface area contributed by atoms with Gasteiger partial charge in [-0.1, -0.05) is 0 Å². The van der Waals surface area contributed by atoms with E-state index >= 15 is 0 Å². The van der Waals surface area contributed by atoms with Gasteiger partial charge < -0.3 is 10.1 Å². The maximum Gasteiger partial charge on any atom is 0.216 e. The van der Waals surface area contributed by atoms with Crippen molar-refractivity contribution in [3.8, 4) is 0 Å². The number of nitrogens with one attached hydrogen (secondary N) is 1. The molecule has 80 valence electrons. The SMILES string of the molecule is CC(=O)NCC1CCN(CC=O)CC1. The standard InChI is InChI=1S/C10H18N2O2/c1-9(14)11-8-10-2-4-12(5-3-10)6-7-13/h7,10H,2-6,8H2,1H3,(H,11,14). The lowest BCUT2D eigenvalue weighted by Crippen LogP contribution is -2.38. The van der Waals surface area contributed by atoms with E-state index in [4.69, 9.17) is 0 Å². The van der Waals surface area contributed by atoms with Gasteiger partial charge in [-0.25, -0.2) is 0 Å². The van der Waals surface area contributed by atoms with Crippen LogP contribution in [0.15, 0.2) is 0 Å². The Kier molecular flexibility index (Phi) is 4.59. The minimum Gasteiger partial charge on any atom is -0.356 e. The highest BCUT2D eigenvalue weighted by Gasteiger charge is 2.18. The van der Waals surface area contributed by atoms with E-state index in [2.05, 4.69) is 10.2 Å². The number of carbonyl (C=O) groups is 2. The Morgan fingerprint density at radius 2 is 2.14 bits per heavy atom. The maximum atomic E-state index is 10.7. The molecule has 0 aromatic rings. The number of likely N-dealkylation sites (tertiary alicyclic amines) is 1. The third kappa shape index (κ3) is 3.87. The summed E-state index contributed by atoms with van der Waals surface area (Å²) in [5.74, 6) is 0.627. The average Bonchev–Trinajstić information content (AvgIpc) is 2.17. The van der Waals surface area contributed by atoms with Crippen molar-refractivity contribution >= 4 is 12.2 Å². The van der Waals surface area contributed by atoms with E-state index in [-0.39, 0.29) is 5.91 Å². The molecule has 0 aromatic heterocycles. The molecule has 0 aromatic carbocycles. The van der Waals surface area contributed by atoms with Crippen molar-refractivity contribution in [1.29, 1.82) is 0 Å². The van der Waals surface area contributed by atoms with E-state index in [9.17, 15) is 9.59 Å². The first-order valence-corrected chi connectivity index (χ1v) is 5.13. The molecule has 0 radical (unpaired) electrons. The van der Waals surface area contributed by atoms with Gasteiger partial charge in [0.2, 0.25) is 5.91 Å². The number of carbonyl (C=O) groups excluding carboxylic acids is 2. The van der Waals surface area contributed by atoms with Crippen LogP contribution in [0.4, 0.5) is 0 Å². The zero-order chi connectivity index (χ0) is 10.4. The van der Waals surface area contributed by atoms with Crippen LogP contribution in [0.25, 0.3) is 0 Å². The molecule has 4 heteroatoms. The normalized spacial score (nSPS) is 19.2. The zero-order valence-corrected chi connectivity index (χ0v) is 8.66. The molecule has 1 N–H and O–H groups in total. The van der Waals surface area contributed by atoms with Crippen LogP contribution in [-0.4, -0.2) is 43.3 Å². The molecule has 0 spiro atoms. The molecule has 1 saturated heterocycles. The average molecular weight is 198 g/mol. The fourth-order valence-corrected chi connectivity index (χ4v) is 1.77. The van der Waals surface area contributed by atoms with Crippen molar-refractivity contribution in [3.05, 3.63) is 0 Å². The topological polar surface area (TPSA) is 49.4 Å².